The molecular formula is C24H20N2O3S. The molecule has 0 spiro atoms. The van der Waals surface area contributed by atoms with Gasteiger partial charge >= 0.3 is 0 Å². The van der Waals surface area contributed by atoms with Gasteiger partial charge in [-0.05, 0) is 42.0 Å². The molecule has 1 N–H and O–H groups in total. The number of para-hydroxylation sites is 1. The van der Waals surface area contributed by atoms with Gasteiger partial charge in [-0.15, -0.1) is 0 Å². The number of carbonyl (C=O) groups is 1. The quantitative estimate of drug-likeness (QED) is 0.435. The van der Waals surface area contributed by atoms with E-state index < -0.39 is 0 Å². The van der Waals surface area contributed by atoms with Crippen LogP contribution in [0.2, 0.25) is 0 Å². The second-order valence-corrected chi connectivity index (χ2v) is 7.44. The maximum Gasteiger partial charge on any atom is 0.261 e. The first-order valence-corrected chi connectivity index (χ1v) is 10.2. The molecule has 0 aliphatic heterocycles. The predicted molar refractivity (Wildman–Crippen MR) is 120 cm³/mol. The molecule has 3 aromatic carbocycles. The number of thiazole rings is 1. The van der Waals surface area contributed by atoms with Gasteiger partial charge in [-0.3, -0.25) is 10.1 Å². The highest BCUT2D eigenvalue weighted by Gasteiger charge is 2.18. The van der Waals surface area contributed by atoms with Crippen molar-refractivity contribution >= 4 is 22.4 Å². The minimum absolute atomic E-state index is 0.262. The van der Waals surface area contributed by atoms with Crippen molar-refractivity contribution in [2.45, 2.75) is 0 Å². The molecule has 0 radical (unpaired) electrons. The topological polar surface area (TPSA) is 60.5 Å². The highest BCUT2D eigenvalue weighted by Crippen LogP contribution is 2.39. The summed E-state index contributed by atoms with van der Waals surface area (Å²) in [5.74, 6) is 1.03. The molecule has 0 saturated carbocycles. The SMILES string of the molecule is COc1ccc(-c2nc(NC(=O)c3ccccc3OC)sc2-c2ccccc2)cc1. The summed E-state index contributed by atoms with van der Waals surface area (Å²) in [6.45, 7) is 0. The molecule has 0 unspecified atom stereocenters. The Morgan fingerprint density at radius 2 is 1.53 bits per heavy atom. The summed E-state index contributed by atoms with van der Waals surface area (Å²) in [6, 6.07) is 24.9. The molecule has 150 valence electrons. The van der Waals surface area contributed by atoms with E-state index in [1.54, 1.807) is 32.4 Å². The molecule has 0 saturated heterocycles. The van der Waals surface area contributed by atoms with Crippen LogP contribution in [0, 0.1) is 0 Å². The number of nitrogens with zero attached hydrogens (tertiary/aromatic N) is 1. The van der Waals surface area contributed by atoms with E-state index in [0.29, 0.717) is 16.4 Å². The number of rotatable bonds is 6. The van der Waals surface area contributed by atoms with Crippen molar-refractivity contribution in [3.05, 3.63) is 84.4 Å². The van der Waals surface area contributed by atoms with Gasteiger partial charge in [0.2, 0.25) is 0 Å². The van der Waals surface area contributed by atoms with Crippen molar-refractivity contribution in [3.63, 3.8) is 0 Å². The molecule has 6 heteroatoms. The van der Waals surface area contributed by atoms with E-state index in [-0.39, 0.29) is 5.91 Å². The van der Waals surface area contributed by atoms with Crippen molar-refractivity contribution < 1.29 is 14.3 Å². The van der Waals surface area contributed by atoms with Crippen LogP contribution in [0.3, 0.4) is 0 Å². The summed E-state index contributed by atoms with van der Waals surface area (Å²) in [6.07, 6.45) is 0. The third-order valence-corrected chi connectivity index (χ3v) is 5.62. The summed E-state index contributed by atoms with van der Waals surface area (Å²) < 4.78 is 10.6. The Morgan fingerprint density at radius 1 is 0.833 bits per heavy atom. The number of aromatic nitrogens is 1. The molecule has 30 heavy (non-hydrogen) atoms. The first-order chi connectivity index (χ1) is 14.7. The van der Waals surface area contributed by atoms with Crippen molar-refractivity contribution in [2.75, 3.05) is 19.5 Å². The first-order valence-electron chi connectivity index (χ1n) is 9.34. The van der Waals surface area contributed by atoms with E-state index in [9.17, 15) is 4.79 Å². The van der Waals surface area contributed by atoms with Crippen molar-refractivity contribution in [3.8, 4) is 33.2 Å². The summed E-state index contributed by atoms with van der Waals surface area (Å²) in [7, 11) is 3.18. The molecule has 0 aliphatic rings. The molecule has 0 bridgehead atoms. The average molecular weight is 417 g/mol. The van der Waals surface area contributed by atoms with E-state index in [1.165, 1.54) is 11.3 Å². The Hall–Kier alpha value is -3.64. The number of anilines is 1. The van der Waals surface area contributed by atoms with Crippen LogP contribution in [0.5, 0.6) is 11.5 Å². The Balaban J connectivity index is 1.72. The van der Waals surface area contributed by atoms with Crippen molar-refractivity contribution in [1.29, 1.82) is 0 Å². The van der Waals surface area contributed by atoms with Crippen LogP contribution in [-0.4, -0.2) is 25.1 Å². The fraction of sp³-hybridized carbons (Fsp3) is 0.0833. The number of methoxy groups -OCH3 is 2. The molecule has 1 amide bonds. The third-order valence-electron chi connectivity index (χ3n) is 4.60. The van der Waals surface area contributed by atoms with Crippen LogP contribution in [0.4, 0.5) is 5.13 Å². The van der Waals surface area contributed by atoms with Gasteiger partial charge in [0, 0.05) is 5.56 Å². The van der Waals surface area contributed by atoms with Gasteiger partial charge in [0.25, 0.3) is 5.91 Å². The highest BCUT2D eigenvalue weighted by atomic mass is 32.1. The van der Waals surface area contributed by atoms with Crippen LogP contribution in [0.15, 0.2) is 78.9 Å². The summed E-state index contributed by atoms with van der Waals surface area (Å²) in [4.78, 5) is 18.6. The first kappa shape index (κ1) is 19.7. The van der Waals surface area contributed by atoms with Gasteiger partial charge in [0.15, 0.2) is 5.13 Å². The second kappa shape index (κ2) is 8.80. The van der Waals surface area contributed by atoms with Gasteiger partial charge < -0.3 is 9.47 Å². The van der Waals surface area contributed by atoms with E-state index in [2.05, 4.69) is 5.32 Å². The van der Waals surface area contributed by atoms with Gasteiger partial charge in [-0.1, -0.05) is 53.8 Å². The summed E-state index contributed by atoms with van der Waals surface area (Å²) in [5.41, 5.74) is 3.26. The Kier molecular flexibility index (Phi) is 5.77. The number of nitrogens with one attached hydrogen (secondary N) is 1. The Bertz CT molecular complexity index is 1150. The summed E-state index contributed by atoms with van der Waals surface area (Å²) in [5, 5.41) is 3.44. The van der Waals surface area contributed by atoms with Crippen LogP contribution in [-0.2, 0) is 0 Å². The van der Waals surface area contributed by atoms with Crippen molar-refractivity contribution in [2.24, 2.45) is 0 Å². The number of hydrogen-bond donors (Lipinski definition) is 1. The normalized spacial score (nSPS) is 10.5. The van der Waals surface area contributed by atoms with Crippen LogP contribution in [0.1, 0.15) is 10.4 Å². The smallest absolute Gasteiger partial charge is 0.261 e. The van der Waals surface area contributed by atoms with Crippen LogP contribution >= 0.6 is 11.3 Å². The zero-order valence-electron chi connectivity index (χ0n) is 16.6. The lowest BCUT2D eigenvalue weighted by molar-refractivity contribution is 0.102. The predicted octanol–water partition coefficient (Wildman–Crippen LogP) is 5.75. The minimum Gasteiger partial charge on any atom is -0.497 e. The standard InChI is InChI=1S/C24H20N2O3S/c1-28-18-14-12-16(13-15-18)21-22(17-8-4-3-5-9-17)30-24(25-21)26-23(27)19-10-6-7-11-20(19)29-2/h3-15H,1-2H3,(H,25,26,27). The zero-order chi connectivity index (χ0) is 20.9. The van der Waals surface area contributed by atoms with E-state index in [1.807, 2.05) is 60.7 Å². The van der Waals surface area contributed by atoms with Crippen LogP contribution < -0.4 is 14.8 Å². The lowest BCUT2D eigenvalue weighted by atomic mass is 10.1. The molecule has 0 aliphatic carbocycles. The fourth-order valence-corrected chi connectivity index (χ4v) is 4.09. The highest BCUT2D eigenvalue weighted by molar-refractivity contribution is 7.19. The number of ether oxygens (including phenoxy) is 2. The van der Waals surface area contributed by atoms with Gasteiger partial charge in [0.1, 0.15) is 11.5 Å². The van der Waals surface area contributed by atoms with Gasteiger partial charge in [-0.25, -0.2) is 4.98 Å². The Labute approximate surface area is 178 Å². The van der Waals surface area contributed by atoms with E-state index in [0.717, 1.165) is 27.4 Å². The van der Waals surface area contributed by atoms with E-state index >= 15 is 0 Å². The maximum absolute atomic E-state index is 12.8. The van der Waals surface area contributed by atoms with Crippen molar-refractivity contribution in [1.82, 2.24) is 4.98 Å². The third kappa shape index (κ3) is 4.04. The molecule has 1 aromatic heterocycles. The molecule has 4 rings (SSSR count). The molecular weight excluding hydrogens is 396 g/mol. The van der Waals surface area contributed by atoms with E-state index in [4.69, 9.17) is 14.5 Å². The number of carbonyl (C=O) groups excluding carboxylic acids is 1. The second-order valence-electron chi connectivity index (χ2n) is 6.45. The minimum atomic E-state index is -0.262. The molecule has 1 heterocycles. The fourth-order valence-electron chi connectivity index (χ4n) is 3.10. The number of amides is 1. The zero-order valence-corrected chi connectivity index (χ0v) is 17.4. The molecule has 5 nitrogen and oxygen atoms in total. The largest absolute Gasteiger partial charge is 0.497 e. The number of hydrogen-bond acceptors (Lipinski definition) is 5. The molecule has 4 aromatic rings. The lowest BCUT2D eigenvalue weighted by Gasteiger charge is -2.07. The maximum atomic E-state index is 12.8. The van der Waals surface area contributed by atoms with Crippen LogP contribution in [0.25, 0.3) is 21.7 Å². The van der Waals surface area contributed by atoms with Gasteiger partial charge in [0.05, 0.1) is 30.4 Å². The number of benzene rings is 3. The lowest BCUT2D eigenvalue weighted by Crippen LogP contribution is -2.12. The molecule has 0 atom stereocenters. The van der Waals surface area contributed by atoms with Gasteiger partial charge in [-0.2, -0.15) is 0 Å². The monoisotopic (exact) mass is 416 g/mol. The molecule has 0 fully saturated rings. The average Bonchev–Trinajstić information content (AvgIpc) is 3.23. The summed E-state index contributed by atoms with van der Waals surface area (Å²) >= 11 is 1.44. The Morgan fingerprint density at radius 3 is 2.23 bits per heavy atom.